The van der Waals surface area contributed by atoms with Crippen molar-refractivity contribution in [2.75, 3.05) is 4.72 Å². The van der Waals surface area contributed by atoms with Gasteiger partial charge in [-0.25, -0.2) is 0 Å². The summed E-state index contributed by atoms with van der Waals surface area (Å²) in [6, 6.07) is 13.1. The van der Waals surface area contributed by atoms with Crippen LogP contribution in [-0.2, 0) is 9.59 Å². The second-order valence-electron chi connectivity index (χ2n) is 7.24. The first-order valence-corrected chi connectivity index (χ1v) is 10.5. The number of anilines is 1. The van der Waals surface area contributed by atoms with Crippen LogP contribution in [-0.4, -0.2) is 23.2 Å². The van der Waals surface area contributed by atoms with Crippen LogP contribution in [0.15, 0.2) is 53.4 Å². The van der Waals surface area contributed by atoms with Gasteiger partial charge in [-0.3, -0.25) is 19.9 Å². The third-order valence-corrected chi connectivity index (χ3v) is 5.92. The maximum Gasteiger partial charge on any atom is 0.573 e. The number of fused-ring (bicyclic) bond motifs is 1. The zero-order valence-corrected chi connectivity index (χ0v) is 17.6. The molecule has 10 heteroatoms. The Balaban J connectivity index is 1.61. The molecule has 0 radical (unpaired) electrons. The lowest BCUT2D eigenvalue weighted by Crippen LogP contribution is -2.39. The number of aryl methyl sites for hydroxylation is 1. The molecule has 1 fully saturated rings. The summed E-state index contributed by atoms with van der Waals surface area (Å²) in [6.45, 7) is 1.79. The molecular weight excluding hydrogens is 443 g/mol. The fourth-order valence-electron chi connectivity index (χ4n) is 3.59. The molecule has 32 heavy (non-hydrogen) atoms. The molecule has 166 valence electrons. The van der Waals surface area contributed by atoms with E-state index in [0.29, 0.717) is 23.3 Å². The minimum atomic E-state index is -4.79. The van der Waals surface area contributed by atoms with Crippen LogP contribution in [0, 0.1) is 6.92 Å². The molecule has 2 aromatic carbocycles. The Morgan fingerprint density at radius 3 is 2.69 bits per heavy atom. The number of rotatable bonds is 5. The van der Waals surface area contributed by atoms with Crippen LogP contribution < -0.4 is 14.8 Å². The lowest BCUT2D eigenvalue weighted by Gasteiger charge is -2.23. The van der Waals surface area contributed by atoms with Crippen molar-refractivity contribution in [2.24, 2.45) is 0 Å². The van der Waals surface area contributed by atoms with Gasteiger partial charge < -0.3 is 9.46 Å². The van der Waals surface area contributed by atoms with Gasteiger partial charge in [-0.2, -0.15) is 0 Å². The molecule has 4 rings (SSSR count). The molecule has 1 aliphatic rings. The first-order chi connectivity index (χ1) is 15.2. The number of halogens is 3. The SMILES string of the molecule is Cc1nc2c(NSc3ccccc3OC(F)(F)F)cccc2cc1C1CCC(=O)NC1=O. The van der Waals surface area contributed by atoms with Crippen LogP contribution in [0.3, 0.4) is 0 Å². The van der Waals surface area contributed by atoms with Gasteiger partial charge >= 0.3 is 6.36 Å². The molecule has 0 aliphatic carbocycles. The third kappa shape index (κ3) is 4.80. The van der Waals surface area contributed by atoms with Crippen molar-refractivity contribution in [1.29, 1.82) is 0 Å². The average molecular weight is 461 g/mol. The highest BCUT2D eigenvalue weighted by atomic mass is 32.2. The first kappa shape index (κ1) is 21.9. The molecule has 1 aromatic heterocycles. The molecule has 3 aromatic rings. The predicted octanol–water partition coefficient (Wildman–Crippen LogP) is 5.08. The highest BCUT2D eigenvalue weighted by Gasteiger charge is 2.32. The van der Waals surface area contributed by atoms with E-state index in [1.54, 1.807) is 25.1 Å². The summed E-state index contributed by atoms with van der Waals surface area (Å²) < 4.78 is 45.1. The number of nitrogens with zero attached hydrogens (tertiary/aromatic N) is 1. The molecule has 6 nitrogen and oxygen atoms in total. The number of piperidine rings is 1. The lowest BCUT2D eigenvalue weighted by molar-refractivity contribution is -0.275. The Hall–Kier alpha value is -3.27. The molecule has 1 atom stereocenters. The van der Waals surface area contributed by atoms with E-state index in [1.165, 1.54) is 18.2 Å². The van der Waals surface area contributed by atoms with E-state index >= 15 is 0 Å². The maximum atomic E-state index is 12.7. The first-order valence-electron chi connectivity index (χ1n) is 9.73. The summed E-state index contributed by atoms with van der Waals surface area (Å²) in [5.74, 6) is -1.38. The Morgan fingerprint density at radius 1 is 1.16 bits per heavy atom. The van der Waals surface area contributed by atoms with Crippen LogP contribution in [0.1, 0.15) is 30.0 Å². The highest BCUT2D eigenvalue weighted by Crippen LogP contribution is 2.36. The number of carbonyl (C=O) groups excluding carboxylic acids is 2. The van der Waals surface area contributed by atoms with Crippen LogP contribution >= 0.6 is 11.9 Å². The van der Waals surface area contributed by atoms with Gasteiger partial charge in [0, 0.05) is 17.5 Å². The molecule has 1 unspecified atom stereocenters. The summed E-state index contributed by atoms with van der Waals surface area (Å²) in [5, 5.41) is 3.13. The number of imide groups is 1. The molecule has 2 amide bonds. The summed E-state index contributed by atoms with van der Waals surface area (Å²) in [4.78, 5) is 28.6. The van der Waals surface area contributed by atoms with Gasteiger partial charge in [-0.05, 0) is 55.1 Å². The van der Waals surface area contributed by atoms with Crippen molar-refractivity contribution in [3.8, 4) is 5.75 Å². The van der Waals surface area contributed by atoms with Crippen LogP contribution in [0.2, 0.25) is 0 Å². The minimum Gasteiger partial charge on any atom is -0.405 e. The molecule has 1 saturated heterocycles. The number of hydrogen-bond donors (Lipinski definition) is 2. The highest BCUT2D eigenvalue weighted by molar-refractivity contribution is 8.00. The van der Waals surface area contributed by atoms with E-state index in [-0.39, 0.29) is 28.9 Å². The number of hydrogen-bond acceptors (Lipinski definition) is 6. The van der Waals surface area contributed by atoms with Gasteiger partial charge in [0.2, 0.25) is 11.8 Å². The number of ether oxygens (including phenoxy) is 1. The van der Waals surface area contributed by atoms with Crippen molar-refractivity contribution in [2.45, 2.75) is 36.9 Å². The zero-order valence-electron chi connectivity index (χ0n) is 16.8. The van der Waals surface area contributed by atoms with E-state index in [4.69, 9.17) is 0 Å². The van der Waals surface area contributed by atoms with E-state index < -0.39 is 12.3 Å². The molecule has 0 bridgehead atoms. The fraction of sp³-hybridized carbons (Fsp3) is 0.227. The van der Waals surface area contributed by atoms with Crippen molar-refractivity contribution < 1.29 is 27.5 Å². The largest absolute Gasteiger partial charge is 0.573 e. The molecule has 2 heterocycles. The van der Waals surface area contributed by atoms with Gasteiger partial charge in [0.05, 0.1) is 22.0 Å². The van der Waals surface area contributed by atoms with E-state index in [2.05, 4.69) is 19.8 Å². The lowest BCUT2D eigenvalue weighted by atomic mass is 9.89. The van der Waals surface area contributed by atoms with Gasteiger partial charge in [-0.15, -0.1) is 13.2 Å². The second-order valence-corrected chi connectivity index (χ2v) is 8.09. The number of alkyl halides is 3. The van der Waals surface area contributed by atoms with Crippen LogP contribution in [0.4, 0.5) is 18.9 Å². The normalized spacial score (nSPS) is 16.7. The van der Waals surface area contributed by atoms with E-state index in [1.807, 2.05) is 12.1 Å². The van der Waals surface area contributed by atoms with Crippen molar-refractivity contribution in [3.05, 3.63) is 59.8 Å². The fourth-order valence-corrected chi connectivity index (χ4v) is 4.33. The summed E-state index contributed by atoms with van der Waals surface area (Å²) in [7, 11) is 0. The zero-order chi connectivity index (χ0) is 22.9. The number of benzene rings is 2. The summed E-state index contributed by atoms with van der Waals surface area (Å²) in [6.07, 6.45) is -4.10. The summed E-state index contributed by atoms with van der Waals surface area (Å²) >= 11 is 0.978. The predicted molar refractivity (Wildman–Crippen MR) is 114 cm³/mol. The smallest absolute Gasteiger partial charge is 0.405 e. The average Bonchev–Trinajstić information content (AvgIpc) is 2.72. The van der Waals surface area contributed by atoms with Crippen molar-refractivity contribution in [3.63, 3.8) is 0 Å². The second kappa shape index (κ2) is 8.70. The molecule has 0 spiro atoms. The maximum absolute atomic E-state index is 12.7. The van der Waals surface area contributed by atoms with Gasteiger partial charge in [0.15, 0.2) is 0 Å². The Morgan fingerprint density at radius 2 is 1.94 bits per heavy atom. The Bertz CT molecular complexity index is 1200. The minimum absolute atomic E-state index is 0.263. The number of nitrogens with one attached hydrogen (secondary N) is 2. The molecule has 0 saturated carbocycles. The number of pyridine rings is 1. The van der Waals surface area contributed by atoms with Gasteiger partial charge in [-0.1, -0.05) is 24.3 Å². The van der Waals surface area contributed by atoms with E-state index in [0.717, 1.165) is 22.9 Å². The number of aromatic nitrogens is 1. The Labute approximate surface area is 185 Å². The standard InChI is InChI=1S/C22H18F3N3O3S/c1-12-15(14-9-10-19(29)27-21(14)30)11-13-5-4-6-16(20(13)26-12)28-32-18-8-3-2-7-17(18)31-22(23,24)25/h2-8,11,14,28H,9-10H2,1H3,(H,27,29,30). The topological polar surface area (TPSA) is 80.3 Å². The number of carbonyl (C=O) groups is 2. The summed E-state index contributed by atoms with van der Waals surface area (Å²) in [5.41, 5.74) is 2.61. The quantitative estimate of drug-likeness (QED) is 0.407. The number of amides is 2. The van der Waals surface area contributed by atoms with Gasteiger partial charge in [0.1, 0.15) is 5.75 Å². The van der Waals surface area contributed by atoms with Gasteiger partial charge in [0.25, 0.3) is 0 Å². The van der Waals surface area contributed by atoms with Crippen molar-refractivity contribution >= 4 is 40.4 Å². The third-order valence-electron chi connectivity index (χ3n) is 5.04. The van der Waals surface area contributed by atoms with Crippen molar-refractivity contribution in [1.82, 2.24) is 10.3 Å². The Kier molecular flexibility index (Phi) is 5.96. The monoisotopic (exact) mass is 461 g/mol. The van der Waals surface area contributed by atoms with E-state index in [9.17, 15) is 22.8 Å². The van der Waals surface area contributed by atoms with Crippen LogP contribution in [0.25, 0.3) is 10.9 Å². The molecular formula is C22H18F3N3O3S. The number of para-hydroxylation sites is 2. The van der Waals surface area contributed by atoms with Crippen LogP contribution in [0.5, 0.6) is 5.75 Å². The molecule has 2 N–H and O–H groups in total. The molecule has 1 aliphatic heterocycles.